The minimum atomic E-state index is -0.0596. The monoisotopic (exact) mass is 350 g/mol. The molecule has 0 bridgehead atoms. The molecule has 0 spiro atoms. The normalized spacial score (nSPS) is 16.8. The quantitative estimate of drug-likeness (QED) is 0.752. The second kappa shape index (κ2) is 7.03. The van der Waals surface area contributed by atoms with Gasteiger partial charge < -0.3 is 10.2 Å². The third-order valence-corrected chi connectivity index (χ3v) is 5.22. The highest BCUT2D eigenvalue weighted by atomic mass is 32.1. The lowest BCUT2D eigenvalue weighted by molar-refractivity contribution is 0.207. The zero-order chi connectivity index (χ0) is 17.1. The van der Waals surface area contributed by atoms with Crippen LogP contribution < -0.4 is 5.32 Å². The molecule has 1 N–H and O–H groups in total. The van der Waals surface area contributed by atoms with E-state index in [1.165, 1.54) is 0 Å². The molecule has 5 nitrogen and oxygen atoms in total. The van der Waals surface area contributed by atoms with Gasteiger partial charge in [-0.2, -0.15) is 0 Å². The van der Waals surface area contributed by atoms with Crippen molar-refractivity contribution in [2.75, 3.05) is 11.9 Å². The molecule has 6 heteroatoms. The van der Waals surface area contributed by atoms with Gasteiger partial charge in [-0.25, -0.2) is 9.78 Å². The summed E-state index contributed by atoms with van der Waals surface area (Å²) in [6.07, 6.45) is 7.34. The molecule has 2 aromatic heterocycles. The number of thiazole rings is 1. The Morgan fingerprint density at radius 2 is 2.08 bits per heavy atom. The number of carbonyl (C=O) groups excluding carboxylic acids is 1. The molecule has 0 aliphatic carbocycles. The minimum Gasteiger partial charge on any atom is -0.317 e. The van der Waals surface area contributed by atoms with Crippen LogP contribution in [0.5, 0.6) is 0 Å². The highest BCUT2D eigenvalue weighted by Gasteiger charge is 2.29. The first-order chi connectivity index (χ1) is 12.3. The molecule has 4 rings (SSSR count). The number of nitrogens with one attached hydrogen (secondary N) is 1. The van der Waals surface area contributed by atoms with Gasteiger partial charge >= 0.3 is 6.03 Å². The highest BCUT2D eigenvalue weighted by Crippen LogP contribution is 2.32. The smallest absolute Gasteiger partial charge is 0.317 e. The molecule has 126 valence electrons. The van der Waals surface area contributed by atoms with Crippen molar-refractivity contribution >= 4 is 23.1 Å². The van der Waals surface area contributed by atoms with Crippen LogP contribution in [0.2, 0.25) is 0 Å². The molecule has 3 aromatic rings. The lowest BCUT2D eigenvalue weighted by Crippen LogP contribution is -2.34. The number of pyridine rings is 1. The molecule has 2 amide bonds. The van der Waals surface area contributed by atoms with Crippen LogP contribution >= 0.6 is 11.3 Å². The predicted octanol–water partition coefficient (Wildman–Crippen LogP) is 4.57. The van der Waals surface area contributed by atoms with Gasteiger partial charge in [-0.05, 0) is 42.7 Å². The Bertz CT molecular complexity index is 851. The molecule has 1 saturated heterocycles. The molecular formula is C19H18N4OS. The molecule has 3 heterocycles. The van der Waals surface area contributed by atoms with E-state index in [1.54, 1.807) is 29.9 Å². The standard InChI is InChI=1S/C19H18N4OS/c24-19(23-11-2-5-17(23)14-6-8-20-9-7-14)22-16-4-1-3-15(13-16)18-21-10-12-25-18/h1,3-4,6-10,12-13,17H,2,5,11H2,(H,22,24)/t17-/m0/s1. The van der Waals surface area contributed by atoms with Crippen molar-refractivity contribution in [3.63, 3.8) is 0 Å². The van der Waals surface area contributed by atoms with Gasteiger partial charge in [0.05, 0.1) is 6.04 Å². The summed E-state index contributed by atoms with van der Waals surface area (Å²) in [7, 11) is 0. The van der Waals surface area contributed by atoms with Crippen molar-refractivity contribution in [2.45, 2.75) is 18.9 Å². The minimum absolute atomic E-state index is 0.0596. The fraction of sp³-hybridized carbons (Fsp3) is 0.211. The van der Waals surface area contributed by atoms with Gasteiger partial charge in [-0.3, -0.25) is 4.98 Å². The van der Waals surface area contributed by atoms with E-state index in [-0.39, 0.29) is 12.1 Å². The van der Waals surface area contributed by atoms with Crippen LogP contribution in [-0.4, -0.2) is 27.4 Å². The molecule has 0 unspecified atom stereocenters. The molecule has 25 heavy (non-hydrogen) atoms. The fourth-order valence-electron chi connectivity index (χ4n) is 3.23. The van der Waals surface area contributed by atoms with E-state index in [0.29, 0.717) is 0 Å². The zero-order valence-electron chi connectivity index (χ0n) is 13.6. The van der Waals surface area contributed by atoms with E-state index in [0.717, 1.165) is 41.2 Å². The predicted molar refractivity (Wildman–Crippen MR) is 99.5 cm³/mol. The van der Waals surface area contributed by atoms with Crippen molar-refractivity contribution in [2.24, 2.45) is 0 Å². The van der Waals surface area contributed by atoms with Gasteiger partial charge in [0.2, 0.25) is 0 Å². The van der Waals surface area contributed by atoms with E-state index in [1.807, 2.05) is 46.7 Å². The Morgan fingerprint density at radius 1 is 1.20 bits per heavy atom. The van der Waals surface area contributed by atoms with E-state index >= 15 is 0 Å². The number of nitrogens with zero attached hydrogens (tertiary/aromatic N) is 3. The molecule has 1 aliphatic heterocycles. The van der Waals surface area contributed by atoms with Crippen LogP contribution in [0.4, 0.5) is 10.5 Å². The third kappa shape index (κ3) is 3.39. The van der Waals surface area contributed by atoms with Crippen LogP contribution in [0.15, 0.2) is 60.4 Å². The molecule has 0 saturated carbocycles. The number of carbonyl (C=O) groups is 1. The summed E-state index contributed by atoms with van der Waals surface area (Å²) < 4.78 is 0. The number of likely N-dealkylation sites (tertiary alicyclic amines) is 1. The summed E-state index contributed by atoms with van der Waals surface area (Å²) in [4.78, 5) is 23.1. The number of amides is 2. The summed E-state index contributed by atoms with van der Waals surface area (Å²) >= 11 is 1.59. The van der Waals surface area contributed by atoms with Gasteiger partial charge in [-0.1, -0.05) is 12.1 Å². The second-order valence-corrected chi connectivity index (χ2v) is 6.87. The fourth-order valence-corrected chi connectivity index (χ4v) is 3.87. The maximum atomic E-state index is 12.8. The van der Waals surface area contributed by atoms with Crippen LogP contribution in [0, 0.1) is 0 Å². The topological polar surface area (TPSA) is 58.1 Å². The Balaban J connectivity index is 1.51. The van der Waals surface area contributed by atoms with Gasteiger partial charge in [0.15, 0.2) is 0 Å². The van der Waals surface area contributed by atoms with Crippen molar-refractivity contribution < 1.29 is 4.79 Å². The molecule has 1 aliphatic rings. The van der Waals surface area contributed by atoms with Crippen molar-refractivity contribution in [1.82, 2.24) is 14.9 Å². The number of urea groups is 1. The second-order valence-electron chi connectivity index (χ2n) is 5.98. The first kappa shape index (κ1) is 15.8. The van der Waals surface area contributed by atoms with Crippen LogP contribution in [0.3, 0.4) is 0 Å². The number of hydrogen-bond donors (Lipinski definition) is 1. The summed E-state index contributed by atoms with van der Waals surface area (Å²) in [5.74, 6) is 0. The number of aromatic nitrogens is 2. The van der Waals surface area contributed by atoms with E-state index < -0.39 is 0 Å². The Kier molecular flexibility index (Phi) is 4.43. The maximum Gasteiger partial charge on any atom is 0.322 e. The van der Waals surface area contributed by atoms with Gasteiger partial charge in [0, 0.05) is 41.8 Å². The summed E-state index contributed by atoms with van der Waals surface area (Å²) in [6.45, 7) is 0.769. The first-order valence-electron chi connectivity index (χ1n) is 8.29. The maximum absolute atomic E-state index is 12.8. The Hall–Kier alpha value is -2.73. The molecule has 1 aromatic carbocycles. The molecule has 1 atom stereocenters. The van der Waals surface area contributed by atoms with Gasteiger partial charge in [0.1, 0.15) is 5.01 Å². The van der Waals surface area contributed by atoms with Crippen LogP contribution in [-0.2, 0) is 0 Å². The van der Waals surface area contributed by atoms with Crippen molar-refractivity contribution in [3.8, 4) is 10.6 Å². The van der Waals surface area contributed by atoms with Crippen LogP contribution in [0.1, 0.15) is 24.4 Å². The average Bonchev–Trinajstić information content (AvgIpc) is 3.34. The number of hydrogen-bond acceptors (Lipinski definition) is 4. The average molecular weight is 350 g/mol. The Labute approximate surface area is 150 Å². The Morgan fingerprint density at radius 3 is 2.88 bits per heavy atom. The lowest BCUT2D eigenvalue weighted by atomic mass is 10.1. The van der Waals surface area contributed by atoms with E-state index in [2.05, 4.69) is 15.3 Å². The highest BCUT2D eigenvalue weighted by molar-refractivity contribution is 7.13. The van der Waals surface area contributed by atoms with Gasteiger partial charge in [0.25, 0.3) is 0 Å². The largest absolute Gasteiger partial charge is 0.322 e. The third-order valence-electron chi connectivity index (χ3n) is 4.40. The van der Waals surface area contributed by atoms with Crippen LogP contribution in [0.25, 0.3) is 10.6 Å². The first-order valence-corrected chi connectivity index (χ1v) is 9.17. The summed E-state index contributed by atoms with van der Waals surface area (Å²) in [6, 6.07) is 11.8. The summed E-state index contributed by atoms with van der Waals surface area (Å²) in [5.41, 5.74) is 2.94. The number of rotatable bonds is 3. The molecule has 0 radical (unpaired) electrons. The number of anilines is 1. The molecular weight excluding hydrogens is 332 g/mol. The zero-order valence-corrected chi connectivity index (χ0v) is 14.4. The number of benzene rings is 1. The van der Waals surface area contributed by atoms with Crippen molar-refractivity contribution in [3.05, 3.63) is 65.9 Å². The van der Waals surface area contributed by atoms with E-state index in [4.69, 9.17) is 0 Å². The molecule has 1 fully saturated rings. The van der Waals surface area contributed by atoms with Crippen molar-refractivity contribution in [1.29, 1.82) is 0 Å². The van der Waals surface area contributed by atoms with Gasteiger partial charge in [-0.15, -0.1) is 11.3 Å². The van der Waals surface area contributed by atoms with E-state index in [9.17, 15) is 4.79 Å². The lowest BCUT2D eigenvalue weighted by Gasteiger charge is -2.25. The SMILES string of the molecule is O=C(Nc1cccc(-c2nccs2)c1)N1CCC[C@H]1c1ccncc1. The summed E-state index contributed by atoms with van der Waals surface area (Å²) in [5, 5.41) is 5.93.